The lowest BCUT2D eigenvalue weighted by Crippen LogP contribution is -2.29. The van der Waals surface area contributed by atoms with Crippen LogP contribution in [0.15, 0.2) is 0 Å². The van der Waals surface area contributed by atoms with Gasteiger partial charge in [-0.25, -0.2) is 0 Å². The second-order valence-corrected chi connectivity index (χ2v) is 7.15. The summed E-state index contributed by atoms with van der Waals surface area (Å²) >= 11 is 0. The van der Waals surface area contributed by atoms with Crippen LogP contribution in [-0.4, -0.2) is 27.8 Å². The van der Waals surface area contributed by atoms with Crippen LogP contribution in [0, 0.1) is 5.92 Å². The van der Waals surface area contributed by atoms with Crippen LogP contribution < -0.4 is 5.32 Å². The van der Waals surface area contributed by atoms with Crippen LogP contribution in [0.25, 0.3) is 0 Å². The molecule has 0 aliphatic rings. The summed E-state index contributed by atoms with van der Waals surface area (Å²) in [7, 11) is -0.647. The molecule has 0 aromatic rings. The number of hydrogen-bond acceptors (Lipinski definition) is 2. The Labute approximate surface area is 110 Å². The number of nitrogens with one attached hydrogen (secondary N) is 1. The van der Waals surface area contributed by atoms with Crippen molar-refractivity contribution in [2.75, 3.05) is 12.3 Å². The van der Waals surface area contributed by atoms with Crippen LogP contribution in [0.2, 0.25) is 0 Å². The molecule has 0 aromatic carbocycles. The third-order valence-corrected chi connectivity index (χ3v) is 5.49. The standard InChI is InChI=1S/C14H31NOS/c1-6-10-15-14(7-2)9-8-11-17(16)13(5)12(3)4/h12-15H,6-11H2,1-5H3. The molecule has 3 unspecified atom stereocenters. The fourth-order valence-electron chi connectivity index (χ4n) is 1.76. The first-order valence-electron chi connectivity index (χ1n) is 7.13. The van der Waals surface area contributed by atoms with E-state index in [4.69, 9.17) is 0 Å². The van der Waals surface area contributed by atoms with Gasteiger partial charge in [0.2, 0.25) is 0 Å². The molecule has 0 heterocycles. The molecule has 0 saturated carbocycles. The molecule has 104 valence electrons. The van der Waals surface area contributed by atoms with Crippen LogP contribution in [0.1, 0.15) is 60.3 Å². The molecule has 0 aliphatic carbocycles. The van der Waals surface area contributed by atoms with Crippen molar-refractivity contribution in [1.82, 2.24) is 5.32 Å². The third kappa shape index (κ3) is 7.93. The van der Waals surface area contributed by atoms with Gasteiger partial charge in [-0.2, -0.15) is 0 Å². The van der Waals surface area contributed by atoms with Gasteiger partial charge in [0.15, 0.2) is 0 Å². The predicted octanol–water partition coefficient (Wildman–Crippen LogP) is 3.34. The van der Waals surface area contributed by atoms with E-state index in [2.05, 4.69) is 39.9 Å². The zero-order valence-corrected chi connectivity index (χ0v) is 13.1. The SMILES string of the molecule is CCCNC(CC)CCCS(=O)C(C)C(C)C. The summed E-state index contributed by atoms with van der Waals surface area (Å²) in [6.07, 6.45) is 4.60. The van der Waals surface area contributed by atoms with Crippen molar-refractivity contribution in [2.45, 2.75) is 71.6 Å². The van der Waals surface area contributed by atoms with Crippen molar-refractivity contribution >= 4 is 10.8 Å². The zero-order valence-electron chi connectivity index (χ0n) is 12.3. The predicted molar refractivity (Wildman–Crippen MR) is 78.9 cm³/mol. The van der Waals surface area contributed by atoms with E-state index in [0.29, 0.717) is 17.2 Å². The Morgan fingerprint density at radius 1 is 1.18 bits per heavy atom. The van der Waals surface area contributed by atoms with Crippen molar-refractivity contribution in [2.24, 2.45) is 5.92 Å². The van der Waals surface area contributed by atoms with E-state index in [0.717, 1.165) is 25.1 Å². The monoisotopic (exact) mass is 261 g/mol. The van der Waals surface area contributed by atoms with E-state index >= 15 is 0 Å². The van der Waals surface area contributed by atoms with Gasteiger partial charge in [-0.15, -0.1) is 0 Å². The minimum atomic E-state index is -0.647. The van der Waals surface area contributed by atoms with Crippen LogP contribution in [0.4, 0.5) is 0 Å². The van der Waals surface area contributed by atoms with Crippen LogP contribution in [-0.2, 0) is 10.8 Å². The molecule has 17 heavy (non-hydrogen) atoms. The lowest BCUT2D eigenvalue weighted by Gasteiger charge is -2.18. The first kappa shape index (κ1) is 17.1. The van der Waals surface area contributed by atoms with E-state index in [1.807, 2.05) is 0 Å². The Bertz CT molecular complexity index is 206. The summed E-state index contributed by atoms with van der Waals surface area (Å²) in [5, 5.41) is 3.88. The van der Waals surface area contributed by atoms with Crippen LogP contribution in [0.5, 0.6) is 0 Å². The van der Waals surface area contributed by atoms with Crippen LogP contribution >= 0.6 is 0 Å². The quantitative estimate of drug-likeness (QED) is 0.653. The van der Waals surface area contributed by atoms with Gasteiger partial charge in [0.05, 0.1) is 0 Å². The van der Waals surface area contributed by atoms with E-state index in [1.54, 1.807) is 0 Å². The van der Waals surface area contributed by atoms with Gasteiger partial charge >= 0.3 is 0 Å². The highest BCUT2D eigenvalue weighted by Crippen LogP contribution is 2.11. The van der Waals surface area contributed by atoms with Gasteiger partial charge in [-0.1, -0.05) is 34.6 Å². The first-order chi connectivity index (χ1) is 8.02. The van der Waals surface area contributed by atoms with Gasteiger partial charge in [0.25, 0.3) is 0 Å². The molecule has 1 N–H and O–H groups in total. The Morgan fingerprint density at radius 2 is 1.82 bits per heavy atom. The van der Waals surface area contributed by atoms with Gasteiger partial charge in [0, 0.05) is 27.8 Å². The summed E-state index contributed by atoms with van der Waals surface area (Å²) in [6, 6.07) is 0.612. The molecule has 0 bridgehead atoms. The first-order valence-corrected chi connectivity index (χ1v) is 8.51. The summed E-state index contributed by atoms with van der Waals surface area (Å²) in [5.41, 5.74) is 0. The van der Waals surface area contributed by atoms with Crippen molar-refractivity contribution in [1.29, 1.82) is 0 Å². The lowest BCUT2D eigenvalue weighted by molar-refractivity contribution is 0.464. The second-order valence-electron chi connectivity index (χ2n) is 5.24. The molecule has 3 heteroatoms. The summed E-state index contributed by atoms with van der Waals surface area (Å²) < 4.78 is 12.0. The van der Waals surface area contributed by atoms with E-state index < -0.39 is 10.8 Å². The molecule has 3 atom stereocenters. The maximum Gasteiger partial charge on any atom is 0.0342 e. The molecule has 0 saturated heterocycles. The number of hydrogen-bond donors (Lipinski definition) is 1. The normalized spacial score (nSPS) is 17.1. The molecule has 0 rings (SSSR count). The molecule has 0 aromatic heterocycles. The Balaban J connectivity index is 3.76. The minimum Gasteiger partial charge on any atom is -0.314 e. The molecule has 0 fully saturated rings. The topological polar surface area (TPSA) is 29.1 Å². The van der Waals surface area contributed by atoms with E-state index in [-0.39, 0.29) is 0 Å². The Kier molecular flexibility index (Phi) is 10.1. The van der Waals surface area contributed by atoms with Gasteiger partial charge in [-0.3, -0.25) is 4.21 Å². The maximum atomic E-state index is 12.0. The van der Waals surface area contributed by atoms with Crippen molar-refractivity contribution in [3.8, 4) is 0 Å². The molecule has 0 radical (unpaired) electrons. The molecule has 0 amide bonds. The average molecular weight is 261 g/mol. The summed E-state index contributed by atoms with van der Waals surface area (Å²) in [5.74, 6) is 1.39. The molecule has 2 nitrogen and oxygen atoms in total. The third-order valence-electron chi connectivity index (χ3n) is 3.43. The number of rotatable bonds is 10. The molecular weight excluding hydrogens is 230 g/mol. The fourth-order valence-corrected chi connectivity index (χ4v) is 3.19. The van der Waals surface area contributed by atoms with E-state index in [1.165, 1.54) is 12.8 Å². The second kappa shape index (κ2) is 10.1. The maximum absolute atomic E-state index is 12.0. The highest BCUT2D eigenvalue weighted by Gasteiger charge is 2.15. The highest BCUT2D eigenvalue weighted by atomic mass is 32.2. The highest BCUT2D eigenvalue weighted by molar-refractivity contribution is 7.85. The van der Waals surface area contributed by atoms with Gasteiger partial charge in [0.1, 0.15) is 0 Å². The van der Waals surface area contributed by atoms with Gasteiger partial charge in [-0.05, 0) is 38.1 Å². The molecule has 0 aliphatic heterocycles. The van der Waals surface area contributed by atoms with Gasteiger partial charge < -0.3 is 5.32 Å². The van der Waals surface area contributed by atoms with E-state index in [9.17, 15) is 4.21 Å². The largest absolute Gasteiger partial charge is 0.314 e. The fraction of sp³-hybridized carbons (Fsp3) is 1.00. The molecule has 0 spiro atoms. The summed E-state index contributed by atoms with van der Waals surface area (Å²) in [4.78, 5) is 0. The average Bonchev–Trinajstić information content (AvgIpc) is 2.31. The Hall–Kier alpha value is 0.110. The van der Waals surface area contributed by atoms with Crippen LogP contribution in [0.3, 0.4) is 0 Å². The molecular formula is C14H31NOS. The van der Waals surface area contributed by atoms with Crippen molar-refractivity contribution < 1.29 is 4.21 Å². The summed E-state index contributed by atoms with van der Waals surface area (Å²) in [6.45, 7) is 11.9. The zero-order chi connectivity index (χ0) is 13.3. The Morgan fingerprint density at radius 3 is 2.29 bits per heavy atom. The minimum absolute atomic E-state index is 0.332. The smallest absolute Gasteiger partial charge is 0.0342 e. The van der Waals surface area contributed by atoms with Crippen molar-refractivity contribution in [3.63, 3.8) is 0 Å². The lowest BCUT2D eigenvalue weighted by atomic mass is 10.1. The van der Waals surface area contributed by atoms with Crippen molar-refractivity contribution in [3.05, 3.63) is 0 Å².